The summed E-state index contributed by atoms with van der Waals surface area (Å²) in [6.07, 6.45) is 3.63. The fraction of sp³-hybridized carbons (Fsp3) is 0.286. The van der Waals surface area contributed by atoms with Gasteiger partial charge in [-0.3, -0.25) is 9.78 Å². The number of hydrogen-bond donors (Lipinski definition) is 2. The molecule has 0 fully saturated rings. The van der Waals surface area contributed by atoms with Crippen LogP contribution < -0.4 is 10.6 Å². The molecule has 0 spiro atoms. The van der Waals surface area contributed by atoms with Crippen molar-refractivity contribution < 1.29 is 4.79 Å². The molecule has 1 heterocycles. The Balaban J connectivity index is 2.15. The van der Waals surface area contributed by atoms with Crippen LogP contribution >= 0.6 is 0 Å². The molecule has 1 amide bonds. The van der Waals surface area contributed by atoms with Crippen molar-refractivity contribution in [1.82, 2.24) is 15.6 Å². The molecule has 0 saturated heterocycles. The zero-order chi connectivity index (χ0) is 13.0. The summed E-state index contributed by atoms with van der Waals surface area (Å²) < 4.78 is 0. The minimum atomic E-state index is -0.202. The van der Waals surface area contributed by atoms with E-state index in [0.717, 1.165) is 5.39 Å². The van der Waals surface area contributed by atoms with Gasteiger partial charge in [-0.1, -0.05) is 18.2 Å². The smallest absolute Gasteiger partial charge is 0.236 e. The highest BCUT2D eigenvalue weighted by atomic mass is 16.2. The summed E-state index contributed by atoms with van der Waals surface area (Å²) >= 11 is 0. The number of amides is 1. The minimum absolute atomic E-state index is 0.00287. The Morgan fingerprint density at radius 3 is 3.00 bits per heavy atom. The maximum absolute atomic E-state index is 11.4. The first kappa shape index (κ1) is 12.5. The van der Waals surface area contributed by atoms with Crippen LogP contribution in [0.25, 0.3) is 10.8 Å². The summed E-state index contributed by atoms with van der Waals surface area (Å²) in [5.74, 6) is -0.00287. The Bertz CT molecular complexity index is 548. The highest BCUT2D eigenvalue weighted by molar-refractivity contribution is 5.85. The molecule has 1 aromatic carbocycles. The van der Waals surface area contributed by atoms with Crippen LogP contribution in [0.2, 0.25) is 0 Å². The Kier molecular flexibility index (Phi) is 3.89. The van der Waals surface area contributed by atoms with Crippen molar-refractivity contribution in [2.75, 3.05) is 7.05 Å². The van der Waals surface area contributed by atoms with Gasteiger partial charge in [0.2, 0.25) is 5.91 Å². The van der Waals surface area contributed by atoms with Crippen molar-refractivity contribution in [2.45, 2.75) is 19.5 Å². The zero-order valence-corrected chi connectivity index (χ0v) is 10.6. The van der Waals surface area contributed by atoms with Gasteiger partial charge in [0.25, 0.3) is 0 Å². The van der Waals surface area contributed by atoms with Crippen molar-refractivity contribution in [3.8, 4) is 0 Å². The monoisotopic (exact) mass is 243 g/mol. The summed E-state index contributed by atoms with van der Waals surface area (Å²) in [7, 11) is 1.64. The van der Waals surface area contributed by atoms with Crippen LogP contribution in [0.3, 0.4) is 0 Å². The number of carbonyl (C=O) groups excluding carboxylic acids is 1. The second-order valence-electron chi connectivity index (χ2n) is 4.23. The molecule has 4 heteroatoms. The number of nitrogens with zero attached hydrogens (tertiary/aromatic N) is 1. The topological polar surface area (TPSA) is 54.0 Å². The second kappa shape index (κ2) is 5.60. The number of likely N-dealkylation sites (N-methyl/N-ethyl adjacent to an activating group) is 1. The molecule has 94 valence electrons. The number of aromatic nitrogens is 1. The van der Waals surface area contributed by atoms with Gasteiger partial charge in [0, 0.05) is 31.4 Å². The second-order valence-corrected chi connectivity index (χ2v) is 4.23. The lowest BCUT2D eigenvalue weighted by molar-refractivity contribution is -0.122. The van der Waals surface area contributed by atoms with Crippen molar-refractivity contribution in [3.05, 3.63) is 42.2 Å². The van der Waals surface area contributed by atoms with E-state index in [2.05, 4.69) is 21.7 Å². The average Bonchev–Trinajstić information content (AvgIpc) is 2.43. The van der Waals surface area contributed by atoms with Gasteiger partial charge in [-0.2, -0.15) is 0 Å². The summed E-state index contributed by atoms with van der Waals surface area (Å²) in [6, 6.07) is 7.90. The number of nitrogens with one attached hydrogen (secondary N) is 2. The molecular weight excluding hydrogens is 226 g/mol. The van der Waals surface area contributed by atoms with Gasteiger partial charge in [-0.25, -0.2) is 0 Å². The van der Waals surface area contributed by atoms with E-state index in [1.165, 1.54) is 10.9 Å². The molecule has 1 unspecified atom stereocenters. The zero-order valence-electron chi connectivity index (χ0n) is 10.6. The van der Waals surface area contributed by atoms with E-state index in [1.807, 2.05) is 31.3 Å². The van der Waals surface area contributed by atoms with Gasteiger partial charge in [0.05, 0.1) is 6.04 Å². The number of benzene rings is 1. The Morgan fingerprint density at radius 2 is 2.22 bits per heavy atom. The van der Waals surface area contributed by atoms with Crippen LogP contribution in [0.4, 0.5) is 0 Å². The maximum Gasteiger partial charge on any atom is 0.236 e. The van der Waals surface area contributed by atoms with Gasteiger partial charge in [-0.15, -0.1) is 0 Å². The molecule has 0 bridgehead atoms. The quantitative estimate of drug-likeness (QED) is 0.854. The van der Waals surface area contributed by atoms with E-state index in [0.29, 0.717) is 6.54 Å². The summed E-state index contributed by atoms with van der Waals surface area (Å²) in [6.45, 7) is 2.52. The lowest BCUT2D eigenvalue weighted by Gasteiger charge is -2.13. The molecule has 4 nitrogen and oxygen atoms in total. The van der Waals surface area contributed by atoms with E-state index in [9.17, 15) is 4.79 Å². The SMILES string of the molecule is CNC(=O)C(C)NCc1cccc2cnccc12. The first-order chi connectivity index (χ1) is 8.72. The molecule has 2 rings (SSSR count). The van der Waals surface area contributed by atoms with Crippen molar-refractivity contribution in [2.24, 2.45) is 0 Å². The molecule has 2 N–H and O–H groups in total. The molecule has 0 aliphatic heterocycles. The van der Waals surface area contributed by atoms with Gasteiger partial charge in [-0.05, 0) is 23.9 Å². The number of hydrogen-bond acceptors (Lipinski definition) is 3. The number of carbonyl (C=O) groups is 1. The predicted octanol–water partition coefficient (Wildman–Crippen LogP) is 1.46. The van der Waals surface area contributed by atoms with Crippen molar-refractivity contribution in [3.63, 3.8) is 0 Å². The largest absolute Gasteiger partial charge is 0.358 e. The summed E-state index contributed by atoms with van der Waals surface area (Å²) in [5.41, 5.74) is 1.17. The Labute approximate surface area is 106 Å². The van der Waals surface area contributed by atoms with Crippen LogP contribution in [-0.2, 0) is 11.3 Å². The van der Waals surface area contributed by atoms with E-state index in [-0.39, 0.29) is 11.9 Å². The third-order valence-electron chi connectivity index (χ3n) is 3.01. The van der Waals surface area contributed by atoms with Crippen LogP contribution in [0.5, 0.6) is 0 Å². The average molecular weight is 243 g/mol. The van der Waals surface area contributed by atoms with Crippen LogP contribution in [0.15, 0.2) is 36.7 Å². The number of rotatable bonds is 4. The highest BCUT2D eigenvalue weighted by Gasteiger charge is 2.10. The first-order valence-electron chi connectivity index (χ1n) is 5.99. The molecule has 0 aliphatic rings. The van der Waals surface area contributed by atoms with Gasteiger partial charge in [0.1, 0.15) is 0 Å². The van der Waals surface area contributed by atoms with Crippen molar-refractivity contribution >= 4 is 16.7 Å². The maximum atomic E-state index is 11.4. The first-order valence-corrected chi connectivity index (χ1v) is 5.99. The Hall–Kier alpha value is -1.94. The fourth-order valence-electron chi connectivity index (χ4n) is 1.92. The van der Waals surface area contributed by atoms with Crippen LogP contribution in [0.1, 0.15) is 12.5 Å². The molecule has 0 saturated carbocycles. The fourth-order valence-corrected chi connectivity index (χ4v) is 1.92. The van der Waals surface area contributed by atoms with E-state index in [4.69, 9.17) is 0 Å². The van der Waals surface area contributed by atoms with Gasteiger partial charge < -0.3 is 10.6 Å². The molecule has 18 heavy (non-hydrogen) atoms. The molecular formula is C14H17N3O. The van der Waals surface area contributed by atoms with E-state index < -0.39 is 0 Å². The summed E-state index contributed by atoms with van der Waals surface area (Å²) in [5, 5.41) is 8.12. The van der Waals surface area contributed by atoms with Crippen LogP contribution in [0, 0.1) is 0 Å². The highest BCUT2D eigenvalue weighted by Crippen LogP contribution is 2.17. The van der Waals surface area contributed by atoms with Gasteiger partial charge >= 0.3 is 0 Å². The third-order valence-corrected chi connectivity index (χ3v) is 3.01. The third kappa shape index (κ3) is 2.65. The molecule has 0 radical (unpaired) electrons. The summed E-state index contributed by atoms with van der Waals surface area (Å²) in [4.78, 5) is 15.5. The number of pyridine rings is 1. The van der Waals surface area contributed by atoms with E-state index in [1.54, 1.807) is 13.2 Å². The van der Waals surface area contributed by atoms with E-state index >= 15 is 0 Å². The van der Waals surface area contributed by atoms with Crippen LogP contribution in [-0.4, -0.2) is 24.0 Å². The standard InChI is InChI=1S/C14H17N3O/c1-10(14(18)15-2)17-9-12-5-3-4-11-8-16-7-6-13(11)12/h3-8,10,17H,9H2,1-2H3,(H,15,18). The van der Waals surface area contributed by atoms with Crippen molar-refractivity contribution in [1.29, 1.82) is 0 Å². The Morgan fingerprint density at radius 1 is 1.39 bits per heavy atom. The lowest BCUT2D eigenvalue weighted by Crippen LogP contribution is -2.40. The molecule has 0 aliphatic carbocycles. The molecule has 1 atom stereocenters. The minimum Gasteiger partial charge on any atom is -0.358 e. The normalized spacial score (nSPS) is 12.3. The molecule has 1 aromatic heterocycles. The predicted molar refractivity (Wildman–Crippen MR) is 72.1 cm³/mol. The number of fused-ring (bicyclic) bond motifs is 1. The molecule has 2 aromatic rings. The lowest BCUT2D eigenvalue weighted by atomic mass is 10.1. The van der Waals surface area contributed by atoms with Gasteiger partial charge in [0.15, 0.2) is 0 Å².